The largest absolute Gasteiger partial charge is 0.481 e. The summed E-state index contributed by atoms with van der Waals surface area (Å²) < 4.78 is 1.86. The Morgan fingerprint density at radius 2 is 2.00 bits per heavy atom. The molecule has 1 aromatic heterocycles. The van der Waals surface area contributed by atoms with Gasteiger partial charge in [-0.2, -0.15) is 4.98 Å². The van der Waals surface area contributed by atoms with Crippen LogP contribution in [-0.4, -0.2) is 74.1 Å². The predicted molar refractivity (Wildman–Crippen MR) is 122 cm³/mol. The van der Waals surface area contributed by atoms with Crippen LogP contribution >= 0.6 is 0 Å². The third-order valence-corrected chi connectivity index (χ3v) is 5.75. The second kappa shape index (κ2) is 9.21. The molecule has 2 atom stereocenters. The van der Waals surface area contributed by atoms with Gasteiger partial charge in [0.2, 0.25) is 18.0 Å². The number of nitrogen functional groups attached to an aromatic ring is 1. The van der Waals surface area contributed by atoms with E-state index in [1.165, 1.54) is 0 Å². The van der Waals surface area contributed by atoms with Gasteiger partial charge in [0.05, 0.1) is 13.1 Å². The molecule has 0 unspecified atom stereocenters. The predicted octanol–water partition coefficient (Wildman–Crippen LogP) is -0.223. The quantitative estimate of drug-likeness (QED) is 0.294. The van der Waals surface area contributed by atoms with Gasteiger partial charge in [0, 0.05) is 18.4 Å². The summed E-state index contributed by atoms with van der Waals surface area (Å²) in [5, 5.41) is 23.5. The minimum Gasteiger partial charge on any atom is -0.481 e. The fraction of sp³-hybridized carbons (Fsp3) is 0.333. The fourth-order valence-corrected chi connectivity index (χ4v) is 4.00. The van der Waals surface area contributed by atoms with E-state index in [9.17, 15) is 24.3 Å². The summed E-state index contributed by atoms with van der Waals surface area (Å²) in [6, 6.07) is 5.31. The van der Waals surface area contributed by atoms with Gasteiger partial charge in [0.15, 0.2) is 5.82 Å². The number of aromatic amines is 1. The number of carbonyl (C=O) groups is 3. The Balaban J connectivity index is 1.52. The van der Waals surface area contributed by atoms with E-state index in [-0.39, 0.29) is 36.0 Å². The number of carboxylic acids is 2. The molecule has 2 aromatic rings. The number of rotatable bonds is 7. The lowest BCUT2D eigenvalue weighted by atomic mass is 10.1. The first-order valence-corrected chi connectivity index (χ1v) is 10.6. The standard InChI is InChI=1S/C21H23N7O6/c22-21-25-17-16(19(32)26-21)28-10-27(8-7-13(28)9-23-17)12-3-1-11(2-4-12)18(31)24-14(20(33)34)5-6-15(29)30/h1-4,10,13-14H,5-9H2,(H6-,22,23,24,25,26,29,30,31,32,33,34)/p+1/t13-,14+/m0/s1. The first kappa shape index (κ1) is 22.8. The van der Waals surface area contributed by atoms with Crippen LogP contribution < -0.4 is 26.8 Å². The number of hydrogen-bond acceptors (Lipinski definition) is 8. The molecule has 3 heterocycles. The molecular weight excluding hydrogens is 446 g/mol. The van der Waals surface area contributed by atoms with Gasteiger partial charge in [0.1, 0.15) is 17.8 Å². The number of nitrogens with one attached hydrogen (secondary N) is 3. The summed E-state index contributed by atoms with van der Waals surface area (Å²) >= 11 is 0. The van der Waals surface area contributed by atoms with Gasteiger partial charge in [-0.1, -0.05) is 0 Å². The molecule has 34 heavy (non-hydrogen) atoms. The Hall–Kier alpha value is -4.42. The molecule has 0 saturated heterocycles. The molecule has 178 valence electrons. The van der Waals surface area contributed by atoms with Crippen molar-refractivity contribution in [2.75, 3.05) is 29.0 Å². The zero-order chi connectivity index (χ0) is 24.4. The smallest absolute Gasteiger partial charge is 0.326 e. The number of aliphatic carboxylic acids is 2. The van der Waals surface area contributed by atoms with E-state index in [1.54, 1.807) is 24.3 Å². The molecule has 0 saturated carbocycles. The van der Waals surface area contributed by atoms with Crippen LogP contribution in [0.15, 0.2) is 29.1 Å². The van der Waals surface area contributed by atoms with Crippen molar-refractivity contribution in [1.82, 2.24) is 15.3 Å². The van der Waals surface area contributed by atoms with Crippen molar-refractivity contribution >= 4 is 47.3 Å². The number of nitrogens with zero attached hydrogens (tertiary/aromatic N) is 3. The lowest BCUT2D eigenvalue weighted by Gasteiger charge is -2.31. The number of carboxylic acid groups (broad SMARTS) is 2. The van der Waals surface area contributed by atoms with Crippen LogP contribution in [0.2, 0.25) is 0 Å². The van der Waals surface area contributed by atoms with Crippen molar-refractivity contribution in [3.63, 3.8) is 0 Å². The van der Waals surface area contributed by atoms with Crippen LogP contribution in [0.4, 0.5) is 23.1 Å². The second-order valence-corrected chi connectivity index (χ2v) is 8.03. The van der Waals surface area contributed by atoms with E-state index in [4.69, 9.17) is 10.8 Å². The fourth-order valence-electron chi connectivity index (χ4n) is 4.00. The summed E-state index contributed by atoms with van der Waals surface area (Å²) in [4.78, 5) is 55.6. The van der Waals surface area contributed by atoms with E-state index in [0.717, 1.165) is 12.1 Å². The molecule has 4 rings (SSSR count). The second-order valence-electron chi connectivity index (χ2n) is 8.03. The molecule has 0 radical (unpaired) electrons. The molecule has 1 amide bonds. The van der Waals surface area contributed by atoms with Crippen LogP contribution in [-0.2, 0) is 9.59 Å². The Bertz CT molecular complexity index is 1220. The third kappa shape index (κ3) is 4.67. The number of benzene rings is 1. The molecule has 2 aliphatic heterocycles. The van der Waals surface area contributed by atoms with Crippen LogP contribution in [0.3, 0.4) is 0 Å². The Morgan fingerprint density at radius 1 is 1.26 bits per heavy atom. The van der Waals surface area contributed by atoms with Gasteiger partial charge >= 0.3 is 17.5 Å². The van der Waals surface area contributed by atoms with Gasteiger partial charge in [0.25, 0.3) is 5.91 Å². The minimum absolute atomic E-state index is 0.0329. The summed E-state index contributed by atoms with van der Waals surface area (Å²) in [6.07, 6.45) is 1.99. The summed E-state index contributed by atoms with van der Waals surface area (Å²) in [5.74, 6) is -2.60. The molecule has 13 heteroatoms. The molecule has 2 aliphatic rings. The normalized spacial score (nSPS) is 17.5. The average Bonchev–Trinajstić information content (AvgIpc) is 2.80. The van der Waals surface area contributed by atoms with E-state index in [0.29, 0.717) is 24.6 Å². The highest BCUT2D eigenvalue weighted by molar-refractivity contribution is 5.97. The van der Waals surface area contributed by atoms with E-state index in [2.05, 4.69) is 20.6 Å². The number of aromatic nitrogens is 2. The van der Waals surface area contributed by atoms with Crippen molar-refractivity contribution < 1.29 is 29.2 Å². The van der Waals surface area contributed by atoms with Crippen molar-refractivity contribution in [1.29, 1.82) is 0 Å². The van der Waals surface area contributed by atoms with E-state index >= 15 is 0 Å². The van der Waals surface area contributed by atoms with Crippen LogP contribution in [0.5, 0.6) is 0 Å². The molecule has 1 aromatic carbocycles. The van der Waals surface area contributed by atoms with Gasteiger partial charge in [-0.3, -0.25) is 19.4 Å². The highest BCUT2D eigenvalue weighted by atomic mass is 16.4. The van der Waals surface area contributed by atoms with Gasteiger partial charge < -0.3 is 26.6 Å². The Kier molecular flexibility index (Phi) is 6.17. The van der Waals surface area contributed by atoms with Gasteiger partial charge in [-0.05, 0) is 30.7 Å². The maximum Gasteiger partial charge on any atom is 0.326 e. The monoisotopic (exact) mass is 470 g/mol. The number of amides is 1. The molecule has 0 aliphatic carbocycles. The number of carbonyl (C=O) groups excluding carboxylic acids is 1. The van der Waals surface area contributed by atoms with E-state index < -0.39 is 23.9 Å². The summed E-state index contributed by atoms with van der Waals surface area (Å²) in [5.41, 5.74) is 6.70. The Labute approximate surface area is 192 Å². The van der Waals surface area contributed by atoms with Crippen molar-refractivity contribution in [2.45, 2.75) is 31.3 Å². The van der Waals surface area contributed by atoms with Crippen molar-refractivity contribution in [2.24, 2.45) is 0 Å². The molecule has 13 nitrogen and oxygen atoms in total. The summed E-state index contributed by atoms with van der Waals surface area (Å²) in [6.45, 7) is 1.29. The number of H-pyrrole nitrogens is 1. The first-order chi connectivity index (χ1) is 16.2. The number of nitrogens with two attached hydrogens (primary N) is 1. The molecule has 7 N–H and O–H groups in total. The van der Waals surface area contributed by atoms with Crippen molar-refractivity contribution in [3.05, 3.63) is 40.2 Å². The van der Waals surface area contributed by atoms with Crippen molar-refractivity contribution in [3.8, 4) is 0 Å². The zero-order valence-electron chi connectivity index (χ0n) is 18.0. The molecular formula is C21H24N7O6+. The minimum atomic E-state index is -1.30. The van der Waals surface area contributed by atoms with Crippen LogP contribution in [0.25, 0.3) is 0 Å². The first-order valence-electron chi connectivity index (χ1n) is 10.6. The lowest BCUT2D eigenvalue weighted by molar-refractivity contribution is -0.485. The Morgan fingerprint density at radius 3 is 2.68 bits per heavy atom. The highest BCUT2D eigenvalue weighted by Crippen LogP contribution is 2.28. The molecule has 0 bridgehead atoms. The topological polar surface area (TPSA) is 194 Å². The highest BCUT2D eigenvalue weighted by Gasteiger charge is 2.36. The van der Waals surface area contributed by atoms with Gasteiger partial charge in [-0.25, -0.2) is 14.3 Å². The third-order valence-electron chi connectivity index (χ3n) is 5.75. The van der Waals surface area contributed by atoms with Crippen LogP contribution in [0, 0.1) is 0 Å². The maximum atomic E-state index is 12.5. The molecule has 0 fully saturated rings. The van der Waals surface area contributed by atoms with Gasteiger partial charge in [-0.15, -0.1) is 0 Å². The summed E-state index contributed by atoms with van der Waals surface area (Å²) in [7, 11) is 0. The van der Waals surface area contributed by atoms with Crippen LogP contribution in [0.1, 0.15) is 29.6 Å². The molecule has 0 spiro atoms. The number of fused-ring (bicyclic) bond motifs is 3. The average molecular weight is 470 g/mol. The number of hydrogen-bond donors (Lipinski definition) is 6. The zero-order valence-corrected chi connectivity index (χ0v) is 18.0. The SMILES string of the molecule is Nc1nc2c(c(=O)[nH]1)[N+]1=CN(c3ccc(C(=O)N[C@H](CCC(=O)O)C(=O)O)cc3)CC[C@H]1CN2. The lowest BCUT2D eigenvalue weighted by Crippen LogP contribution is -2.47. The number of anilines is 3. The maximum absolute atomic E-state index is 12.5. The van der Waals surface area contributed by atoms with E-state index in [1.807, 2.05) is 15.8 Å².